The van der Waals surface area contributed by atoms with E-state index in [0.717, 1.165) is 6.42 Å². The molecule has 8 heteroatoms. The van der Waals surface area contributed by atoms with Crippen LogP contribution in [0.4, 0.5) is 0 Å². The van der Waals surface area contributed by atoms with Gasteiger partial charge in [0, 0.05) is 25.9 Å². The summed E-state index contributed by atoms with van der Waals surface area (Å²) in [4.78, 5) is 22.2. The molecular weight excluding hydrogens is 352 g/mol. The molecule has 0 aromatic heterocycles. The van der Waals surface area contributed by atoms with Crippen LogP contribution in [0.5, 0.6) is 0 Å². The van der Waals surface area contributed by atoms with E-state index in [1.165, 1.54) is 0 Å². The standard InChI is InChI=1S/C17H34N2O6.C2H6/c1-3-5-17(21)19-7-9-23-11-13-25-15-14-24-12-10-22-8-6-18-16(20)4-2;1-2/h3-15H2,1-2H3,(H,18,20)(H,19,21);1-2H3. The van der Waals surface area contributed by atoms with Crippen molar-refractivity contribution in [2.75, 3.05) is 65.9 Å². The van der Waals surface area contributed by atoms with Crippen LogP contribution in [0, 0.1) is 0 Å². The van der Waals surface area contributed by atoms with Crippen LogP contribution in [0.15, 0.2) is 0 Å². The van der Waals surface area contributed by atoms with E-state index in [-0.39, 0.29) is 11.8 Å². The van der Waals surface area contributed by atoms with Crippen molar-refractivity contribution in [3.05, 3.63) is 0 Å². The van der Waals surface area contributed by atoms with Gasteiger partial charge in [0.15, 0.2) is 0 Å². The zero-order chi connectivity index (χ0) is 20.6. The molecule has 0 atom stereocenters. The second kappa shape index (κ2) is 24.8. The fraction of sp³-hybridized carbons (Fsp3) is 0.895. The average molecular weight is 393 g/mol. The lowest BCUT2D eigenvalue weighted by Crippen LogP contribution is -2.27. The minimum absolute atomic E-state index is 0.0298. The Morgan fingerprint density at radius 3 is 1.37 bits per heavy atom. The highest BCUT2D eigenvalue weighted by atomic mass is 16.6. The Labute approximate surface area is 164 Å². The molecule has 0 spiro atoms. The molecule has 0 aromatic carbocycles. The average Bonchev–Trinajstić information content (AvgIpc) is 2.69. The number of ether oxygens (including phenoxy) is 4. The number of hydrogen-bond acceptors (Lipinski definition) is 6. The zero-order valence-corrected chi connectivity index (χ0v) is 17.6. The van der Waals surface area contributed by atoms with Crippen molar-refractivity contribution in [2.45, 2.75) is 47.0 Å². The molecule has 0 unspecified atom stereocenters. The molecule has 0 radical (unpaired) electrons. The third-order valence-electron chi connectivity index (χ3n) is 3.05. The van der Waals surface area contributed by atoms with Crippen molar-refractivity contribution in [3.8, 4) is 0 Å². The summed E-state index contributed by atoms with van der Waals surface area (Å²) in [7, 11) is 0. The van der Waals surface area contributed by atoms with Gasteiger partial charge in [0.2, 0.25) is 11.8 Å². The highest BCUT2D eigenvalue weighted by molar-refractivity contribution is 5.75. The first-order valence-corrected chi connectivity index (χ1v) is 10.0. The van der Waals surface area contributed by atoms with Crippen molar-refractivity contribution in [1.29, 1.82) is 0 Å². The monoisotopic (exact) mass is 392 g/mol. The molecule has 8 nitrogen and oxygen atoms in total. The minimum atomic E-state index is 0.0298. The SMILES string of the molecule is CC.CCCC(=O)NCCOCCOCCOCCOCCNC(=O)CC. The Bertz CT molecular complexity index is 329. The van der Waals surface area contributed by atoms with E-state index in [2.05, 4.69) is 10.6 Å². The summed E-state index contributed by atoms with van der Waals surface area (Å²) in [6, 6.07) is 0. The van der Waals surface area contributed by atoms with Gasteiger partial charge in [0.25, 0.3) is 0 Å². The highest BCUT2D eigenvalue weighted by Gasteiger charge is 1.98. The van der Waals surface area contributed by atoms with Crippen molar-refractivity contribution < 1.29 is 28.5 Å². The summed E-state index contributed by atoms with van der Waals surface area (Å²) in [5.41, 5.74) is 0. The maximum Gasteiger partial charge on any atom is 0.220 e. The van der Waals surface area contributed by atoms with Crippen LogP contribution >= 0.6 is 0 Å². The summed E-state index contributed by atoms with van der Waals surface area (Å²) in [5, 5.41) is 5.51. The summed E-state index contributed by atoms with van der Waals surface area (Å²) in [5.74, 6) is 0.0939. The van der Waals surface area contributed by atoms with Gasteiger partial charge >= 0.3 is 0 Å². The molecule has 0 aliphatic rings. The molecule has 0 bridgehead atoms. The molecule has 0 heterocycles. The van der Waals surface area contributed by atoms with Gasteiger partial charge in [-0.2, -0.15) is 0 Å². The Hall–Kier alpha value is -1.22. The molecule has 162 valence electrons. The lowest BCUT2D eigenvalue weighted by Gasteiger charge is -2.08. The molecule has 0 fully saturated rings. The van der Waals surface area contributed by atoms with Gasteiger partial charge in [-0.05, 0) is 6.42 Å². The number of nitrogens with one attached hydrogen (secondary N) is 2. The molecule has 0 rings (SSSR count). The van der Waals surface area contributed by atoms with Gasteiger partial charge in [0.1, 0.15) is 0 Å². The molecule has 0 saturated heterocycles. The Morgan fingerprint density at radius 2 is 1.00 bits per heavy atom. The largest absolute Gasteiger partial charge is 0.377 e. The van der Waals surface area contributed by atoms with Gasteiger partial charge in [-0.15, -0.1) is 0 Å². The first-order valence-electron chi connectivity index (χ1n) is 10.0. The fourth-order valence-corrected chi connectivity index (χ4v) is 1.73. The third kappa shape index (κ3) is 24.8. The molecule has 2 N–H and O–H groups in total. The van der Waals surface area contributed by atoms with Crippen LogP contribution in [0.1, 0.15) is 47.0 Å². The van der Waals surface area contributed by atoms with Crippen molar-refractivity contribution in [3.63, 3.8) is 0 Å². The molecule has 0 saturated carbocycles. The first kappa shape index (κ1) is 28.0. The lowest BCUT2D eigenvalue weighted by atomic mass is 10.3. The van der Waals surface area contributed by atoms with E-state index in [9.17, 15) is 9.59 Å². The van der Waals surface area contributed by atoms with Crippen LogP contribution in [0.2, 0.25) is 0 Å². The molecule has 2 amide bonds. The molecule has 27 heavy (non-hydrogen) atoms. The highest BCUT2D eigenvalue weighted by Crippen LogP contribution is 1.86. The van der Waals surface area contributed by atoms with Crippen LogP contribution in [-0.4, -0.2) is 77.8 Å². The lowest BCUT2D eigenvalue weighted by molar-refractivity contribution is -0.122. The summed E-state index contributed by atoms with van der Waals surface area (Å²) >= 11 is 0. The van der Waals surface area contributed by atoms with Crippen LogP contribution < -0.4 is 10.6 Å². The zero-order valence-electron chi connectivity index (χ0n) is 17.6. The van der Waals surface area contributed by atoms with E-state index in [0.29, 0.717) is 78.8 Å². The minimum Gasteiger partial charge on any atom is -0.377 e. The van der Waals surface area contributed by atoms with E-state index in [1.807, 2.05) is 27.7 Å². The smallest absolute Gasteiger partial charge is 0.220 e. The Balaban J connectivity index is 0. The maximum atomic E-state index is 11.2. The Morgan fingerprint density at radius 1 is 0.630 bits per heavy atom. The Kier molecular flexibility index (Phi) is 25.7. The summed E-state index contributed by atoms with van der Waals surface area (Å²) in [6.45, 7) is 12.8. The summed E-state index contributed by atoms with van der Waals surface area (Å²) in [6.07, 6.45) is 1.90. The van der Waals surface area contributed by atoms with Crippen molar-refractivity contribution in [1.82, 2.24) is 10.6 Å². The van der Waals surface area contributed by atoms with Crippen LogP contribution in [0.3, 0.4) is 0 Å². The first-order chi connectivity index (χ1) is 13.2. The van der Waals surface area contributed by atoms with Crippen molar-refractivity contribution >= 4 is 11.8 Å². The second-order valence-corrected chi connectivity index (χ2v) is 5.25. The number of amides is 2. The topological polar surface area (TPSA) is 95.1 Å². The predicted molar refractivity (Wildman–Crippen MR) is 106 cm³/mol. The van der Waals surface area contributed by atoms with Gasteiger partial charge in [-0.25, -0.2) is 0 Å². The predicted octanol–water partition coefficient (Wildman–Crippen LogP) is 1.52. The quantitative estimate of drug-likeness (QED) is 0.344. The van der Waals surface area contributed by atoms with E-state index in [1.54, 1.807) is 0 Å². The number of carbonyl (C=O) groups excluding carboxylic acids is 2. The molecule has 0 aromatic rings. The number of carbonyl (C=O) groups is 2. The van der Waals surface area contributed by atoms with Crippen LogP contribution in [0.25, 0.3) is 0 Å². The second-order valence-electron chi connectivity index (χ2n) is 5.25. The fourth-order valence-electron chi connectivity index (χ4n) is 1.73. The maximum absolute atomic E-state index is 11.2. The summed E-state index contributed by atoms with van der Waals surface area (Å²) < 4.78 is 21.4. The van der Waals surface area contributed by atoms with E-state index >= 15 is 0 Å². The third-order valence-corrected chi connectivity index (χ3v) is 3.05. The van der Waals surface area contributed by atoms with Gasteiger partial charge in [-0.1, -0.05) is 27.7 Å². The number of rotatable bonds is 18. The van der Waals surface area contributed by atoms with E-state index in [4.69, 9.17) is 18.9 Å². The number of hydrogen-bond donors (Lipinski definition) is 2. The van der Waals surface area contributed by atoms with Gasteiger partial charge in [0.05, 0.1) is 52.9 Å². The molecule has 0 aliphatic carbocycles. The van der Waals surface area contributed by atoms with E-state index < -0.39 is 0 Å². The molecular formula is C19H40N2O6. The van der Waals surface area contributed by atoms with Gasteiger partial charge in [-0.3, -0.25) is 9.59 Å². The van der Waals surface area contributed by atoms with Crippen molar-refractivity contribution in [2.24, 2.45) is 0 Å². The normalized spacial score (nSPS) is 10.1. The molecule has 0 aliphatic heterocycles. The van der Waals surface area contributed by atoms with Gasteiger partial charge < -0.3 is 29.6 Å². The van der Waals surface area contributed by atoms with Crippen LogP contribution in [-0.2, 0) is 28.5 Å².